The number of hydrogen-bond donors (Lipinski definition) is 0. The van der Waals surface area contributed by atoms with Gasteiger partial charge in [0.1, 0.15) is 29.0 Å². The van der Waals surface area contributed by atoms with Crippen molar-refractivity contribution in [1.29, 1.82) is 0 Å². The van der Waals surface area contributed by atoms with Gasteiger partial charge in [-0.2, -0.15) is 25.2 Å². The lowest BCUT2D eigenvalue weighted by atomic mass is 10.1. The second-order valence-corrected chi connectivity index (χ2v) is 12.9. The van der Waals surface area contributed by atoms with E-state index in [1.807, 2.05) is 0 Å². The van der Waals surface area contributed by atoms with E-state index in [1.54, 1.807) is 0 Å². The van der Waals surface area contributed by atoms with Gasteiger partial charge in [-0.25, -0.2) is 17.6 Å². The van der Waals surface area contributed by atoms with Crippen LogP contribution in [0, 0.1) is 37.1 Å². The van der Waals surface area contributed by atoms with Crippen LogP contribution in [0.4, 0.5) is 30.7 Å². The third-order valence-corrected chi connectivity index (χ3v) is 10.0. The molecule has 0 aliphatic rings. The van der Waals surface area contributed by atoms with E-state index in [4.69, 9.17) is 8.37 Å². The van der Waals surface area contributed by atoms with Crippen molar-refractivity contribution in [2.75, 3.05) is 11.9 Å². The first-order chi connectivity index (χ1) is 17.1. The zero-order chi connectivity index (χ0) is 27.8. The van der Waals surface area contributed by atoms with Crippen molar-refractivity contribution < 1.29 is 47.5 Å². The number of ether oxygens (including phenoxy) is 1. The van der Waals surface area contributed by atoms with Crippen molar-refractivity contribution in [1.82, 2.24) is 0 Å². The summed E-state index contributed by atoms with van der Waals surface area (Å²) in [5.74, 6) is -4.86. The van der Waals surface area contributed by atoms with Crippen LogP contribution in [0.1, 0.15) is 11.1 Å². The predicted octanol–water partition coefficient (Wildman–Crippen LogP) is 7.70. The van der Waals surface area contributed by atoms with Gasteiger partial charge in [-0.15, -0.1) is 0 Å². The molecule has 0 spiro atoms. The van der Waals surface area contributed by atoms with Crippen LogP contribution in [0.3, 0.4) is 0 Å². The van der Waals surface area contributed by atoms with E-state index in [0.717, 1.165) is 0 Å². The van der Waals surface area contributed by atoms with Crippen LogP contribution in [0.25, 0.3) is 0 Å². The summed E-state index contributed by atoms with van der Waals surface area (Å²) < 4.78 is 133. The maximum atomic E-state index is 14.4. The maximum Gasteiger partial charge on any atom is 0.524 e. The lowest BCUT2D eigenvalue weighted by molar-refractivity contribution is -0.0496. The number of halogens is 8. The van der Waals surface area contributed by atoms with E-state index >= 15 is 0 Å². The smallest absolute Gasteiger partial charge is 0.492 e. The summed E-state index contributed by atoms with van der Waals surface area (Å²) in [6, 6.07) is 5.35. The molecule has 3 aromatic rings. The second kappa shape index (κ2) is 10.8. The molecule has 0 aliphatic heterocycles. The first-order valence-electron chi connectivity index (χ1n) is 10.2. The summed E-state index contributed by atoms with van der Waals surface area (Å²) in [5.41, 5.74) is -5.41. The highest BCUT2D eigenvalue weighted by Gasteiger charge is 2.53. The Hall–Kier alpha value is -2.29. The maximum absolute atomic E-state index is 14.4. The average Bonchev–Trinajstić information content (AvgIpc) is 2.74. The molecule has 3 rings (SSSR count). The molecule has 0 fully saturated rings. The second-order valence-electron chi connectivity index (χ2n) is 7.66. The Labute approximate surface area is 218 Å². The van der Waals surface area contributed by atoms with Gasteiger partial charge in [0.15, 0.2) is 0 Å². The molecule has 0 unspecified atom stereocenters. The SMILES string of the molecule is Cc1cc(S(OS(=O)(=O)C(F)(F)F)(c2cc(F)cc(F)c2)c2cc(F)cc(F)c2)cc(C)c1OCCBr. The van der Waals surface area contributed by atoms with Crippen molar-refractivity contribution in [3.05, 3.63) is 82.9 Å². The molecule has 0 aromatic heterocycles. The molecular weight excluding hydrogens is 617 g/mol. The third-order valence-electron chi connectivity index (χ3n) is 4.90. The van der Waals surface area contributed by atoms with Gasteiger partial charge >= 0.3 is 15.6 Å². The number of aryl methyl sites for hydroxylation is 2. The van der Waals surface area contributed by atoms with Crippen LogP contribution in [0.2, 0.25) is 0 Å². The molecule has 14 heteroatoms. The topological polar surface area (TPSA) is 52.6 Å². The minimum Gasteiger partial charge on any atom is -0.492 e. The lowest BCUT2D eigenvalue weighted by Crippen LogP contribution is -2.27. The van der Waals surface area contributed by atoms with Gasteiger partial charge in [0, 0.05) is 32.1 Å². The summed E-state index contributed by atoms with van der Waals surface area (Å²) in [7, 11) is -10.9. The molecule has 0 N–H and O–H groups in total. The average molecular weight is 635 g/mol. The fraction of sp³-hybridized carbons (Fsp3) is 0.217. The Morgan fingerprint density at radius 2 is 1.11 bits per heavy atom. The van der Waals surface area contributed by atoms with Gasteiger partial charge in [0.25, 0.3) is 0 Å². The quantitative estimate of drug-likeness (QED) is 0.145. The van der Waals surface area contributed by atoms with Gasteiger partial charge in [-0.05, 0) is 71.7 Å². The summed E-state index contributed by atoms with van der Waals surface area (Å²) >= 11 is 3.19. The number of alkyl halides is 4. The van der Waals surface area contributed by atoms with Crippen LogP contribution in [-0.4, -0.2) is 25.9 Å². The molecular formula is C23H18BrF7O4S2. The van der Waals surface area contributed by atoms with Crippen LogP contribution >= 0.6 is 26.2 Å². The van der Waals surface area contributed by atoms with Crippen LogP contribution < -0.4 is 4.74 Å². The Bertz CT molecular complexity index is 1310. The van der Waals surface area contributed by atoms with Crippen molar-refractivity contribution >= 4 is 36.4 Å². The van der Waals surface area contributed by atoms with Crippen molar-refractivity contribution in [3.63, 3.8) is 0 Å². The zero-order valence-electron chi connectivity index (χ0n) is 19.0. The molecule has 0 heterocycles. The Morgan fingerprint density at radius 3 is 1.46 bits per heavy atom. The van der Waals surface area contributed by atoms with Crippen molar-refractivity contribution in [3.8, 4) is 5.75 Å². The normalized spacial score (nSPS) is 13.0. The van der Waals surface area contributed by atoms with Crippen LogP contribution in [0.15, 0.2) is 63.2 Å². The highest BCUT2D eigenvalue weighted by atomic mass is 79.9. The van der Waals surface area contributed by atoms with Crippen LogP contribution in [0.5, 0.6) is 5.75 Å². The molecule has 0 atom stereocenters. The van der Waals surface area contributed by atoms with Gasteiger partial charge in [-0.3, -0.25) is 0 Å². The van der Waals surface area contributed by atoms with E-state index in [2.05, 4.69) is 15.9 Å². The minimum absolute atomic E-state index is 0.197. The first kappa shape index (κ1) is 29.3. The van der Waals surface area contributed by atoms with Crippen molar-refractivity contribution in [2.24, 2.45) is 0 Å². The molecule has 37 heavy (non-hydrogen) atoms. The summed E-state index contributed by atoms with van der Waals surface area (Å²) in [4.78, 5) is -1.79. The molecule has 0 amide bonds. The highest BCUT2D eigenvalue weighted by molar-refractivity contribution is 9.09. The number of benzene rings is 3. The molecule has 0 radical (unpaired) electrons. The third kappa shape index (κ3) is 6.07. The van der Waals surface area contributed by atoms with Gasteiger partial charge in [0.2, 0.25) is 0 Å². The zero-order valence-corrected chi connectivity index (χ0v) is 22.2. The molecule has 0 aliphatic carbocycles. The number of rotatable bonds is 8. The fourth-order valence-electron chi connectivity index (χ4n) is 3.53. The van der Waals surface area contributed by atoms with Gasteiger partial charge in [0.05, 0.1) is 6.61 Å². The Balaban J connectivity index is 2.53. The predicted molar refractivity (Wildman–Crippen MR) is 126 cm³/mol. The van der Waals surface area contributed by atoms with E-state index in [9.17, 15) is 39.2 Å². The first-order valence-corrected chi connectivity index (χ1v) is 14.3. The highest BCUT2D eigenvalue weighted by Crippen LogP contribution is 2.71. The standard InChI is InChI=1S/C23H18BrF7O4S2/c1-13-5-19(6-14(2)22(13)34-4-3-24)36(35-37(32,33)23(29,30)31,20-9-15(25)7-16(26)10-20)21-11-17(27)8-18(28)12-21/h5-12H,3-4H2,1-2H3. The summed E-state index contributed by atoms with van der Waals surface area (Å²) in [5, 5.41) is 0.431. The molecule has 0 saturated carbocycles. The summed E-state index contributed by atoms with van der Waals surface area (Å²) in [6.07, 6.45) is 0. The van der Waals surface area contributed by atoms with E-state index in [0.29, 0.717) is 47.5 Å². The largest absolute Gasteiger partial charge is 0.524 e. The molecule has 0 bridgehead atoms. The van der Waals surface area contributed by atoms with Crippen molar-refractivity contribution in [2.45, 2.75) is 34.0 Å². The molecule has 3 aromatic carbocycles. The Morgan fingerprint density at radius 1 is 0.730 bits per heavy atom. The summed E-state index contributed by atoms with van der Waals surface area (Å²) in [6.45, 7) is 3.17. The lowest BCUT2D eigenvalue weighted by Gasteiger charge is -2.40. The Kier molecular flexibility index (Phi) is 8.57. The minimum atomic E-state index is -6.49. The van der Waals surface area contributed by atoms with Gasteiger partial charge in [-0.1, -0.05) is 15.9 Å². The van der Waals surface area contributed by atoms with E-state index in [1.165, 1.54) is 26.0 Å². The molecule has 0 saturated heterocycles. The van der Waals surface area contributed by atoms with Gasteiger partial charge < -0.3 is 4.74 Å². The molecule has 202 valence electrons. The fourth-order valence-corrected chi connectivity index (χ4v) is 8.64. The monoisotopic (exact) mass is 634 g/mol. The molecule has 4 nitrogen and oxygen atoms in total. The van der Waals surface area contributed by atoms with Crippen LogP contribution in [-0.2, 0) is 13.7 Å². The van der Waals surface area contributed by atoms with E-state index in [-0.39, 0.29) is 22.6 Å². The number of hydrogen-bond acceptors (Lipinski definition) is 4. The van der Waals surface area contributed by atoms with E-state index < -0.39 is 59.0 Å².